The van der Waals surface area contributed by atoms with Crippen molar-refractivity contribution in [1.29, 1.82) is 0 Å². The van der Waals surface area contributed by atoms with Gasteiger partial charge in [-0.05, 0) is 12.8 Å². The van der Waals surface area contributed by atoms with E-state index in [0.29, 0.717) is 5.96 Å². The van der Waals surface area contributed by atoms with Crippen LogP contribution in [0.25, 0.3) is 0 Å². The number of guanidine groups is 1. The summed E-state index contributed by atoms with van der Waals surface area (Å²) in [5.74, 6) is 0.722. The third-order valence-corrected chi connectivity index (χ3v) is 4.02. The Morgan fingerprint density at radius 1 is 1.40 bits per heavy atom. The Kier molecular flexibility index (Phi) is 3.21. The molecule has 20 heavy (non-hydrogen) atoms. The summed E-state index contributed by atoms with van der Waals surface area (Å²) in [5.41, 5.74) is 0.554. The molecule has 0 atom stereocenters. The van der Waals surface area contributed by atoms with E-state index in [1.54, 1.807) is 6.33 Å². The molecule has 3 rings (SSSR count). The Morgan fingerprint density at radius 3 is 2.70 bits per heavy atom. The van der Waals surface area contributed by atoms with Crippen molar-refractivity contribution in [3.63, 3.8) is 0 Å². The van der Waals surface area contributed by atoms with Crippen molar-refractivity contribution < 1.29 is 4.79 Å². The number of rotatable bonds is 2. The van der Waals surface area contributed by atoms with Crippen molar-refractivity contribution in [2.24, 2.45) is 4.99 Å². The maximum absolute atomic E-state index is 12.2. The Balaban J connectivity index is 1.64. The summed E-state index contributed by atoms with van der Waals surface area (Å²) in [6, 6.07) is 0. The fraction of sp³-hybridized carbons (Fsp3) is 0.615. The number of hydrogen-bond donors (Lipinski definition) is 2. The molecule has 0 bridgehead atoms. The molecule has 2 aliphatic rings. The normalized spacial score (nSPS) is 21.9. The molecule has 2 N–H and O–H groups in total. The maximum atomic E-state index is 12.2. The number of aromatic nitrogens is 2. The number of imidazole rings is 1. The van der Waals surface area contributed by atoms with Gasteiger partial charge in [0.1, 0.15) is 5.54 Å². The predicted octanol–water partition coefficient (Wildman–Crippen LogP) is -0.208. The van der Waals surface area contributed by atoms with Crippen molar-refractivity contribution in [2.45, 2.75) is 24.9 Å². The van der Waals surface area contributed by atoms with Crippen LogP contribution in [0.1, 0.15) is 18.5 Å². The van der Waals surface area contributed by atoms with E-state index >= 15 is 0 Å². The molecular weight excluding hydrogens is 256 g/mol. The molecule has 0 saturated carbocycles. The van der Waals surface area contributed by atoms with Gasteiger partial charge in [-0.25, -0.2) is 9.98 Å². The van der Waals surface area contributed by atoms with Gasteiger partial charge in [-0.2, -0.15) is 0 Å². The monoisotopic (exact) mass is 276 g/mol. The van der Waals surface area contributed by atoms with Gasteiger partial charge in [-0.3, -0.25) is 15.0 Å². The summed E-state index contributed by atoms with van der Waals surface area (Å²) in [7, 11) is 3.79. The molecule has 0 radical (unpaired) electrons. The smallest absolute Gasteiger partial charge is 0.254 e. The molecule has 108 valence electrons. The standard InChI is InChI=1S/C13H20N6O/c1-18(2)12-16-11(20)13(17-12)3-5-19(6-4-13)8-10-7-14-9-15-10/h7,9H,3-6,8H2,1-2H3,(H,14,15)(H,16,17,20). The van der Waals surface area contributed by atoms with Crippen LogP contribution in [0.4, 0.5) is 0 Å². The van der Waals surface area contributed by atoms with Crippen LogP contribution < -0.4 is 5.32 Å². The number of aliphatic imine (C=N–C) groups is 1. The lowest BCUT2D eigenvalue weighted by molar-refractivity contribution is -0.125. The SMILES string of the molecule is CN(C)C1=NC2(CCN(Cc3cnc[nH]3)CC2)C(=O)N1. The van der Waals surface area contributed by atoms with Crippen molar-refractivity contribution in [3.8, 4) is 0 Å². The molecule has 1 saturated heterocycles. The zero-order valence-corrected chi connectivity index (χ0v) is 11.9. The Bertz CT molecular complexity index is 513. The number of hydrogen-bond acceptors (Lipinski definition) is 5. The summed E-state index contributed by atoms with van der Waals surface area (Å²) in [4.78, 5) is 28.1. The highest BCUT2D eigenvalue weighted by molar-refractivity contribution is 6.07. The first kappa shape index (κ1) is 13.1. The van der Waals surface area contributed by atoms with Gasteiger partial charge in [-0.1, -0.05) is 0 Å². The lowest BCUT2D eigenvalue weighted by Gasteiger charge is -2.35. The number of nitrogens with one attached hydrogen (secondary N) is 2. The largest absolute Gasteiger partial charge is 0.349 e. The van der Waals surface area contributed by atoms with Gasteiger partial charge in [0.2, 0.25) is 5.96 Å². The first-order valence-corrected chi connectivity index (χ1v) is 6.87. The molecule has 7 heteroatoms. The molecule has 0 aliphatic carbocycles. The van der Waals surface area contributed by atoms with E-state index in [4.69, 9.17) is 0 Å². The summed E-state index contributed by atoms with van der Waals surface area (Å²) in [6.07, 6.45) is 5.07. The lowest BCUT2D eigenvalue weighted by atomic mass is 9.88. The Morgan fingerprint density at radius 2 is 2.15 bits per heavy atom. The number of H-pyrrole nitrogens is 1. The summed E-state index contributed by atoms with van der Waals surface area (Å²) >= 11 is 0. The van der Waals surface area contributed by atoms with Gasteiger partial charge < -0.3 is 9.88 Å². The lowest BCUT2D eigenvalue weighted by Crippen LogP contribution is -2.49. The highest BCUT2D eigenvalue weighted by Gasteiger charge is 2.46. The molecule has 1 amide bonds. The Labute approximate surface area is 118 Å². The van der Waals surface area contributed by atoms with Gasteiger partial charge in [0, 0.05) is 45.6 Å². The second-order valence-corrected chi connectivity index (χ2v) is 5.67. The van der Waals surface area contributed by atoms with Crippen LogP contribution in [0.2, 0.25) is 0 Å². The third-order valence-electron chi connectivity index (χ3n) is 4.02. The molecule has 1 fully saturated rings. The molecule has 2 aliphatic heterocycles. The van der Waals surface area contributed by atoms with E-state index in [2.05, 4.69) is 25.2 Å². The van der Waals surface area contributed by atoms with Crippen LogP contribution in [-0.4, -0.2) is 64.4 Å². The zero-order valence-electron chi connectivity index (χ0n) is 11.9. The van der Waals surface area contributed by atoms with E-state index in [9.17, 15) is 4.79 Å². The van der Waals surface area contributed by atoms with Crippen LogP contribution in [-0.2, 0) is 11.3 Å². The second kappa shape index (κ2) is 4.90. The van der Waals surface area contributed by atoms with Crippen molar-refractivity contribution >= 4 is 11.9 Å². The zero-order chi connectivity index (χ0) is 14.2. The number of likely N-dealkylation sites (tertiary alicyclic amines) is 1. The second-order valence-electron chi connectivity index (χ2n) is 5.67. The van der Waals surface area contributed by atoms with Gasteiger partial charge in [0.15, 0.2) is 0 Å². The van der Waals surface area contributed by atoms with Gasteiger partial charge in [-0.15, -0.1) is 0 Å². The topological polar surface area (TPSA) is 76.6 Å². The summed E-state index contributed by atoms with van der Waals surface area (Å²) < 4.78 is 0. The van der Waals surface area contributed by atoms with Gasteiger partial charge in [0.25, 0.3) is 5.91 Å². The van der Waals surface area contributed by atoms with Gasteiger partial charge in [0.05, 0.1) is 6.33 Å². The minimum absolute atomic E-state index is 0.0439. The molecule has 1 aromatic rings. The quantitative estimate of drug-likeness (QED) is 0.784. The first-order chi connectivity index (χ1) is 9.59. The van der Waals surface area contributed by atoms with E-state index in [0.717, 1.165) is 38.2 Å². The summed E-state index contributed by atoms with van der Waals surface area (Å²) in [6.45, 7) is 2.59. The van der Waals surface area contributed by atoms with E-state index in [1.807, 2.05) is 25.2 Å². The van der Waals surface area contributed by atoms with Crippen LogP contribution in [0, 0.1) is 0 Å². The van der Waals surface area contributed by atoms with Crippen LogP contribution in [0.15, 0.2) is 17.5 Å². The predicted molar refractivity (Wildman–Crippen MR) is 75.1 cm³/mol. The Hall–Kier alpha value is -1.89. The van der Waals surface area contributed by atoms with Crippen molar-refractivity contribution in [2.75, 3.05) is 27.2 Å². The number of carbonyl (C=O) groups is 1. The number of carbonyl (C=O) groups excluding carboxylic acids is 1. The van der Waals surface area contributed by atoms with Crippen LogP contribution in [0.3, 0.4) is 0 Å². The number of nitrogens with zero attached hydrogens (tertiary/aromatic N) is 4. The third kappa shape index (κ3) is 2.29. The average molecular weight is 276 g/mol. The fourth-order valence-electron chi connectivity index (χ4n) is 2.74. The van der Waals surface area contributed by atoms with E-state index in [1.165, 1.54) is 0 Å². The highest BCUT2D eigenvalue weighted by atomic mass is 16.2. The van der Waals surface area contributed by atoms with E-state index < -0.39 is 5.54 Å². The first-order valence-electron chi connectivity index (χ1n) is 6.87. The number of aromatic amines is 1. The number of amides is 1. The van der Waals surface area contributed by atoms with Crippen molar-refractivity contribution in [3.05, 3.63) is 18.2 Å². The molecule has 1 spiro atoms. The van der Waals surface area contributed by atoms with Crippen molar-refractivity contribution in [1.82, 2.24) is 25.1 Å². The van der Waals surface area contributed by atoms with E-state index in [-0.39, 0.29) is 5.91 Å². The molecular formula is C13H20N6O. The molecule has 0 unspecified atom stereocenters. The summed E-state index contributed by atoms with van der Waals surface area (Å²) in [5, 5.41) is 2.88. The minimum Gasteiger partial charge on any atom is -0.349 e. The average Bonchev–Trinajstić information content (AvgIpc) is 3.02. The van der Waals surface area contributed by atoms with Crippen LogP contribution >= 0.6 is 0 Å². The molecule has 0 aromatic carbocycles. The fourth-order valence-corrected chi connectivity index (χ4v) is 2.74. The van der Waals surface area contributed by atoms with Crippen LogP contribution in [0.5, 0.6) is 0 Å². The number of piperidine rings is 1. The minimum atomic E-state index is -0.551. The maximum Gasteiger partial charge on any atom is 0.254 e. The molecule has 3 heterocycles. The highest BCUT2D eigenvalue weighted by Crippen LogP contribution is 2.30. The molecule has 1 aromatic heterocycles. The molecule has 7 nitrogen and oxygen atoms in total. The van der Waals surface area contributed by atoms with Gasteiger partial charge >= 0.3 is 0 Å².